The fourth-order valence-electron chi connectivity index (χ4n) is 9.59. The normalized spacial score (nSPS) is 12.4. The van der Waals surface area contributed by atoms with Gasteiger partial charge in [-0.25, -0.2) is 19.0 Å². The SMILES string of the molecule is COCCOCCOCCOCCOCCOCCOCCOCCn1cc(COC(=O)N(Cc2cn(CCOCCOCCOCCOCCOCCOCCOCCOC)nn2)Cc2cc(NC(=O)[C@H](CCCNC(N)=O)NC(=O)[C@@H](NC(=O)CCOCCC(C)(C)C)C(C)C)ccc2CC(C)(C)C)nn1. The third-order valence-corrected chi connectivity index (χ3v) is 15.3. The van der Waals surface area contributed by atoms with Crippen molar-refractivity contribution in [2.45, 2.75) is 132 Å². The highest BCUT2D eigenvalue weighted by Crippen LogP contribution is 2.28. The molecular weight excluding hydrogens is 1410 g/mol. The van der Waals surface area contributed by atoms with Crippen LogP contribution in [0.1, 0.15) is 104 Å². The Morgan fingerprint density at radius 3 is 1.32 bits per heavy atom. The van der Waals surface area contributed by atoms with E-state index < -0.39 is 36.0 Å². The van der Waals surface area contributed by atoms with Gasteiger partial charge in [0.25, 0.3) is 0 Å². The number of amides is 6. The topological polar surface area (TPSA) is 390 Å². The first-order valence-corrected chi connectivity index (χ1v) is 37.6. The number of anilines is 1. The maximum absolute atomic E-state index is 14.5. The summed E-state index contributed by atoms with van der Waals surface area (Å²) in [4.78, 5) is 69.3. The lowest BCUT2D eigenvalue weighted by Gasteiger charge is -2.27. The molecule has 0 aliphatic rings. The van der Waals surface area contributed by atoms with Crippen molar-refractivity contribution in [2.24, 2.45) is 22.5 Å². The molecule has 0 fully saturated rings. The molecule has 0 saturated carbocycles. The van der Waals surface area contributed by atoms with E-state index in [1.54, 1.807) is 62.0 Å². The minimum atomic E-state index is -1.12. The van der Waals surface area contributed by atoms with Crippen molar-refractivity contribution in [1.82, 2.24) is 50.8 Å². The molecular formula is C73H130N12O23. The van der Waals surface area contributed by atoms with Gasteiger partial charge in [-0.3, -0.25) is 19.3 Å². The highest BCUT2D eigenvalue weighted by molar-refractivity contribution is 5.98. The summed E-state index contributed by atoms with van der Waals surface area (Å²) >= 11 is 0. The lowest BCUT2D eigenvalue weighted by Crippen LogP contribution is -2.54. The van der Waals surface area contributed by atoms with Crippen LogP contribution < -0.4 is 27.0 Å². The highest BCUT2D eigenvalue weighted by atomic mass is 16.6. The average Bonchev–Trinajstić information content (AvgIpc) is 0.943. The van der Waals surface area contributed by atoms with Gasteiger partial charge in [-0.15, -0.1) is 10.2 Å². The van der Waals surface area contributed by atoms with E-state index in [1.807, 2.05) is 6.07 Å². The Morgan fingerprint density at radius 2 is 0.907 bits per heavy atom. The van der Waals surface area contributed by atoms with Crippen LogP contribution in [0.3, 0.4) is 0 Å². The maximum Gasteiger partial charge on any atom is 0.410 e. The fourth-order valence-corrected chi connectivity index (χ4v) is 9.59. The molecule has 6 amide bonds. The van der Waals surface area contributed by atoms with Gasteiger partial charge in [-0.1, -0.05) is 71.9 Å². The van der Waals surface area contributed by atoms with Crippen molar-refractivity contribution in [1.29, 1.82) is 0 Å². The monoisotopic (exact) mass is 1540 g/mol. The summed E-state index contributed by atoms with van der Waals surface area (Å²) in [6, 6.07) is 2.61. The molecule has 620 valence electrons. The molecule has 3 rings (SSSR count). The zero-order valence-electron chi connectivity index (χ0n) is 66.1. The van der Waals surface area contributed by atoms with Gasteiger partial charge in [0.15, 0.2) is 0 Å². The Balaban J connectivity index is 1.61. The maximum atomic E-state index is 14.5. The third kappa shape index (κ3) is 52.0. The number of nitrogens with one attached hydrogen (secondary N) is 4. The van der Waals surface area contributed by atoms with Crippen LogP contribution in [0, 0.1) is 16.7 Å². The summed E-state index contributed by atoms with van der Waals surface area (Å²) in [6.45, 7) is 30.8. The van der Waals surface area contributed by atoms with Crippen LogP contribution in [-0.4, -0.2) is 309 Å². The Morgan fingerprint density at radius 1 is 0.491 bits per heavy atom. The van der Waals surface area contributed by atoms with Crippen LogP contribution in [0.25, 0.3) is 0 Å². The molecule has 1 aromatic carbocycles. The van der Waals surface area contributed by atoms with Crippen molar-refractivity contribution in [2.75, 3.05) is 238 Å². The summed E-state index contributed by atoms with van der Waals surface area (Å²) in [7, 11) is 3.26. The van der Waals surface area contributed by atoms with E-state index in [0.717, 1.165) is 12.0 Å². The number of nitrogens with two attached hydrogens (primary N) is 1. The number of aromatic nitrogens is 6. The summed E-state index contributed by atoms with van der Waals surface area (Å²) in [5.74, 6) is -1.84. The number of carbonyl (C=O) groups excluding carboxylic acids is 5. The van der Waals surface area contributed by atoms with Crippen LogP contribution in [0.2, 0.25) is 0 Å². The van der Waals surface area contributed by atoms with E-state index in [2.05, 4.69) is 83.4 Å². The van der Waals surface area contributed by atoms with Crippen LogP contribution in [0.15, 0.2) is 30.6 Å². The summed E-state index contributed by atoms with van der Waals surface area (Å²) in [5.41, 5.74) is 8.01. The van der Waals surface area contributed by atoms with Gasteiger partial charge in [0.2, 0.25) is 17.7 Å². The number of benzene rings is 1. The van der Waals surface area contributed by atoms with Gasteiger partial charge in [0.05, 0.1) is 237 Å². The molecule has 0 radical (unpaired) electrons. The molecule has 108 heavy (non-hydrogen) atoms. The van der Waals surface area contributed by atoms with Gasteiger partial charge in [0, 0.05) is 46.0 Å². The number of hydrogen-bond donors (Lipinski definition) is 5. The van der Waals surface area contributed by atoms with Gasteiger partial charge < -0.3 is 112 Å². The minimum Gasteiger partial charge on any atom is -0.443 e. The fraction of sp³-hybridized carbons (Fsp3) is 0.795. The number of nitrogens with zero attached hydrogens (tertiary/aromatic N) is 7. The number of urea groups is 1. The number of rotatable bonds is 70. The smallest absolute Gasteiger partial charge is 0.410 e. The second-order valence-electron chi connectivity index (χ2n) is 27.6. The van der Waals surface area contributed by atoms with E-state index in [9.17, 15) is 24.0 Å². The Hall–Kier alpha value is -6.23. The summed E-state index contributed by atoms with van der Waals surface area (Å²) in [6.07, 6.45) is 4.52. The number of carbonyl (C=O) groups is 5. The molecule has 0 aliphatic carbocycles. The number of methoxy groups -OCH3 is 2. The molecule has 6 N–H and O–H groups in total. The molecule has 2 aromatic heterocycles. The predicted molar refractivity (Wildman–Crippen MR) is 398 cm³/mol. The first-order chi connectivity index (χ1) is 52.2. The van der Waals surface area contributed by atoms with Crippen molar-refractivity contribution in [3.05, 3.63) is 53.1 Å². The molecule has 0 unspecified atom stereocenters. The molecule has 2 atom stereocenters. The van der Waals surface area contributed by atoms with Gasteiger partial charge in [0.1, 0.15) is 30.1 Å². The number of hydrogen-bond acceptors (Lipinski definition) is 27. The standard InChI is InChI=1S/C73H130N12O23/c1-59(2)67(78-66(86)15-20-93-21-16-72(3,4)5)69(88)77-65(12-11-17-75-70(74)89)68(87)76-62-14-13-60(53-73(6,7)8)61(52-62)54-83(55-63-56-84(81-79-63)18-22-94-28-30-98-36-38-102-44-46-106-50-48-104-42-40-100-34-32-96-26-24-91-9)71(90)108-58-64-57-85(82-80-64)19-23-95-29-31-99-37-39-103-45-47-107-51-49-105-43-41-101-35-33-97-27-25-92-10/h13-14,52,56-57,59,65,67H,11-12,15-51,53-55,58H2,1-10H3,(H,76,87)(H,77,88)(H,78,86)(H3,74,75,89)/t65-,67-/m0/s1. The Bertz CT molecular complexity index is 2780. The molecule has 0 aliphatic heterocycles. The van der Waals surface area contributed by atoms with E-state index in [-0.39, 0.29) is 74.8 Å². The minimum absolute atomic E-state index is 0.00238. The first kappa shape index (κ1) is 96.0. The molecule has 35 nitrogen and oxygen atoms in total. The summed E-state index contributed by atoms with van der Waals surface area (Å²) < 4.78 is 103. The molecule has 0 spiro atoms. The van der Waals surface area contributed by atoms with Crippen molar-refractivity contribution in [3.8, 4) is 0 Å². The zero-order chi connectivity index (χ0) is 78.6. The summed E-state index contributed by atoms with van der Waals surface area (Å²) in [5, 5.41) is 28.4. The zero-order valence-corrected chi connectivity index (χ0v) is 66.1. The lowest BCUT2D eigenvalue weighted by molar-refractivity contribution is -0.132. The second-order valence-corrected chi connectivity index (χ2v) is 27.6. The largest absolute Gasteiger partial charge is 0.443 e. The van der Waals surface area contributed by atoms with Crippen LogP contribution >= 0.6 is 0 Å². The van der Waals surface area contributed by atoms with Crippen LogP contribution in [0.4, 0.5) is 15.3 Å². The van der Waals surface area contributed by atoms with Gasteiger partial charge >= 0.3 is 12.1 Å². The number of ether oxygens (including phenoxy) is 18. The molecule has 2 heterocycles. The van der Waals surface area contributed by atoms with E-state index in [4.69, 9.17) is 91.0 Å². The lowest BCUT2D eigenvalue weighted by atomic mass is 9.86. The molecule has 35 heteroatoms. The highest BCUT2D eigenvalue weighted by Gasteiger charge is 2.30. The predicted octanol–water partition coefficient (Wildman–Crippen LogP) is 4.18. The van der Waals surface area contributed by atoms with Crippen molar-refractivity contribution in [3.63, 3.8) is 0 Å². The quantitative estimate of drug-likeness (QED) is 0.0495. The van der Waals surface area contributed by atoms with E-state index in [0.29, 0.717) is 247 Å². The van der Waals surface area contributed by atoms with E-state index in [1.165, 1.54) is 4.90 Å². The van der Waals surface area contributed by atoms with Crippen LogP contribution in [-0.2, 0) is 139 Å². The second kappa shape index (κ2) is 61.4. The van der Waals surface area contributed by atoms with Gasteiger partial charge in [-0.05, 0) is 65.7 Å². The average molecular weight is 1540 g/mol. The number of primary amides is 1. The molecule has 0 saturated heterocycles. The molecule has 0 bridgehead atoms. The van der Waals surface area contributed by atoms with Crippen LogP contribution in [0.5, 0.6) is 0 Å². The Labute approximate surface area is 638 Å². The van der Waals surface area contributed by atoms with Crippen molar-refractivity contribution < 1.29 is 109 Å². The molecule has 3 aromatic rings. The van der Waals surface area contributed by atoms with E-state index >= 15 is 0 Å². The first-order valence-electron chi connectivity index (χ1n) is 37.6. The van der Waals surface area contributed by atoms with Gasteiger partial charge in [-0.2, -0.15) is 0 Å². The third-order valence-electron chi connectivity index (χ3n) is 15.3. The Kier molecular flexibility index (Phi) is 54.6. The van der Waals surface area contributed by atoms with Crippen molar-refractivity contribution >= 4 is 35.5 Å².